The van der Waals surface area contributed by atoms with Crippen LogP contribution in [0.5, 0.6) is 5.75 Å². The molecular formula is C22H25N3O3. The number of hydrogen-bond acceptors (Lipinski definition) is 4. The van der Waals surface area contributed by atoms with Gasteiger partial charge in [0.15, 0.2) is 0 Å². The van der Waals surface area contributed by atoms with Crippen molar-refractivity contribution in [2.75, 3.05) is 5.32 Å². The number of nitrogens with zero attached hydrogens (tertiary/aromatic N) is 2. The standard InChI is InChI=1S/C22H25N3O3/c1-4-16(5-2)22(27)24-17-8-10-19(11-9-17)28-14-18-13-20(26)25-12-6-7-15(3)21(25)23-18/h6-13,16H,4-5,14H2,1-3H3,(H,24,27). The van der Waals surface area contributed by atoms with Crippen LogP contribution in [0.2, 0.25) is 0 Å². The van der Waals surface area contributed by atoms with Gasteiger partial charge in [-0.15, -0.1) is 0 Å². The molecule has 0 saturated heterocycles. The second-order valence-electron chi connectivity index (χ2n) is 6.79. The zero-order valence-corrected chi connectivity index (χ0v) is 16.4. The van der Waals surface area contributed by atoms with Crippen LogP contribution in [0.4, 0.5) is 5.69 Å². The molecule has 0 aliphatic rings. The average Bonchev–Trinajstić information content (AvgIpc) is 2.69. The van der Waals surface area contributed by atoms with Gasteiger partial charge in [-0.3, -0.25) is 14.0 Å². The van der Waals surface area contributed by atoms with Crippen LogP contribution in [0.1, 0.15) is 37.9 Å². The number of ether oxygens (including phenoxy) is 1. The first-order valence-electron chi connectivity index (χ1n) is 9.53. The number of carbonyl (C=O) groups is 1. The Balaban J connectivity index is 1.67. The SMILES string of the molecule is CCC(CC)C(=O)Nc1ccc(OCc2cc(=O)n3cccc(C)c3n2)cc1. The summed E-state index contributed by atoms with van der Waals surface area (Å²) >= 11 is 0. The summed E-state index contributed by atoms with van der Waals surface area (Å²) in [4.78, 5) is 28.9. The lowest BCUT2D eigenvalue weighted by Crippen LogP contribution is -2.21. The first-order valence-corrected chi connectivity index (χ1v) is 9.53. The maximum Gasteiger partial charge on any atom is 0.258 e. The van der Waals surface area contributed by atoms with Gasteiger partial charge in [-0.25, -0.2) is 4.98 Å². The number of nitrogens with one attached hydrogen (secondary N) is 1. The van der Waals surface area contributed by atoms with E-state index < -0.39 is 0 Å². The van der Waals surface area contributed by atoms with E-state index in [0.29, 0.717) is 17.1 Å². The van der Waals surface area contributed by atoms with Gasteiger partial charge in [0.1, 0.15) is 18.0 Å². The van der Waals surface area contributed by atoms with Gasteiger partial charge in [0.2, 0.25) is 5.91 Å². The van der Waals surface area contributed by atoms with Crippen molar-refractivity contribution in [2.24, 2.45) is 5.92 Å². The fourth-order valence-corrected chi connectivity index (χ4v) is 3.08. The summed E-state index contributed by atoms with van der Waals surface area (Å²) in [6.45, 7) is 6.14. The second kappa shape index (κ2) is 8.69. The van der Waals surface area contributed by atoms with E-state index in [4.69, 9.17) is 4.74 Å². The van der Waals surface area contributed by atoms with E-state index in [1.165, 1.54) is 10.5 Å². The highest BCUT2D eigenvalue weighted by molar-refractivity contribution is 5.92. The van der Waals surface area contributed by atoms with Gasteiger partial charge in [-0.05, 0) is 55.7 Å². The zero-order valence-electron chi connectivity index (χ0n) is 16.4. The van der Waals surface area contributed by atoms with Crippen molar-refractivity contribution < 1.29 is 9.53 Å². The molecule has 0 atom stereocenters. The Morgan fingerprint density at radius 1 is 1.18 bits per heavy atom. The number of anilines is 1. The van der Waals surface area contributed by atoms with Crippen molar-refractivity contribution in [3.63, 3.8) is 0 Å². The molecule has 0 aliphatic heterocycles. The predicted octanol–water partition coefficient (Wildman–Crippen LogP) is 3.96. The number of aromatic nitrogens is 2. The minimum Gasteiger partial charge on any atom is -0.487 e. The first-order chi connectivity index (χ1) is 13.5. The topological polar surface area (TPSA) is 72.7 Å². The van der Waals surface area contributed by atoms with Crippen LogP contribution in [-0.2, 0) is 11.4 Å². The Morgan fingerprint density at radius 3 is 2.57 bits per heavy atom. The van der Waals surface area contributed by atoms with Gasteiger partial charge < -0.3 is 10.1 Å². The minimum atomic E-state index is -0.133. The molecule has 0 bridgehead atoms. The molecule has 0 saturated carbocycles. The summed E-state index contributed by atoms with van der Waals surface area (Å²) < 4.78 is 7.29. The monoisotopic (exact) mass is 379 g/mol. The van der Waals surface area contributed by atoms with E-state index >= 15 is 0 Å². The van der Waals surface area contributed by atoms with Crippen LogP contribution >= 0.6 is 0 Å². The Kier molecular flexibility index (Phi) is 6.09. The number of carbonyl (C=O) groups excluding carboxylic acids is 1. The molecular weight excluding hydrogens is 354 g/mol. The fraction of sp³-hybridized carbons (Fsp3) is 0.318. The smallest absolute Gasteiger partial charge is 0.258 e. The summed E-state index contributed by atoms with van der Waals surface area (Å²) in [5, 5.41) is 2.93. The molecule has 6 heteroatoms. The normalized spacial score (nSPS) is 11.0. The van der Waals surface area contributed by atoms with E-state index in [1.807, 2.05) is 45.0 Å². The highest BCUT2D eigenvalue weighted by Crippen LogP contribution is 2.18. The average molecular weight is 379 g/mol. The summed E-state index contributed by atoms with van der Waals surface area (Å²) in [7, 11) is 0. The number of hydrogen-bond donors (Lipinski definition) is 1. The van der Waals surface area contributed by atoms with E-state index in [9.17, 15) is 9.59 Å². The van der Waals surface area contributed by atoms with Crippen molar-refractivity contribution in [1.29, 1.82) is 0 Å². The van der Waals surface area contributed by atoms with Crippen molar-refractivity contribution in [2.45, 2.75) is 40.2 Å². The van der Waals surface area contributed by atoms with Crippen LogP contribution in [-0.4, -0.2) is 15.3 Å². The molecule has 0 aliphatic carbocycles. The Hall–Kier alpha value is -3.15. The highest BCUT2D eigenvalue weighted by atomic mass is 16.5. The first kappa shape index (κ1) is 19.6. The third-order valence-electron chi connectivity index (χ3n) is 4.80. The number of pyridine rings is 1. The summed E-state index contributed by atoms with van der Waals surface area (Å²) in [5.41, 5.74) is 2.74. The molecule has 28 heavy (non-hydrogen) atoms. The Labute approximate surface area is 164 Å². The van der Waals surface area contributed by atoms with Crippen LogP contribution < -0.4 is 15.6 Å². The number of fused-ring (bicyclic) bond motifs is 1. The van der Waals surface area contributed by atoms with E-state index in [0.717, 1.165) is 24.1 Å². The third kappa shape index (κ3) is 4.39. The van der Waals surface area contributed by atoms with Gasteiger partial charge in [-0.1, -0.05) is 19.9 Å². The van der Waals surface area contributed by atoms with Gasteiger partial charge in [0.05, 0.1) is 5.69 Å². The molecule has 3 rings (SSSR count). The largest absolute Gasteiger partial charge is 0.487 e. The number of aryl methyl sites for hydroxylation is 1. The summed E-state index contributed by atoms with van der Waals surface area (Å²) in [5.74, 6) is 0.708. The molecule has 0 radical (unpaired) electrons. The maximum absolute atomic E-state index is 12.2. The molecule has 3 aromatic rings. The molecule has 146 valence electrons. The molecule has 1 N–H and O–H groups in total. The molecule has 2 aromatic heterocycles. The lowest BCUT2D eigenvalue weighted by atomic mass is 10.0. The number of amides is 1. The molecule has 0 fully saturated rings. The molecule has 1 amide bonds. The van der Waals surface area contributed by atoms with Gasteiger partial charge in [0.25, 0.3) is 5.56 Å². The fourth-order valence-electron chi connectivity index (χ4n) is 3.08. The molecule has 0 spiro atoms. The van der Waals surface area contributed by atoms with E-state index in [1.54, 1.807) is 18.3 Å². The van der Waals surface area contributed by atoms with Gasteiger partial charge in [-0.2, -0.15) is 0 Å². The van der Waals surface area contributed by atoms with Crippen LogP contribution in [0.3, 0.4) is 0 Å². The predicted molar refractivity (Wildman–Crippen MR) is 110 cm³/mol. The third-order valence-corrected chi connectivity index (χ3v) is 4.80. The lowest BCUT2D eigenvalue weighted by Gasteiger charge is -2.13. The van der Waals surface area contributed by atoms with Crippen LogP contribution in [0.25, 0.3) is 5.65 Å². The van der Waals surface area contributed by atoms with E-state index in [-0.39, 0.29) is 24.0 Å². The van der Waals surface area contributed by atoms with Gasteiger partial charge >= 0.3 is 0 Å². The highest BCUT2D eigenvalue weighted by Gasteiger charge is 2.14. The zero-order chi connectivity index (χ0) is 20.1. The van der Waals surface area contributed by atoms with Crippen molar-refractivity contribution >= 4 is 17.2 Å². The summed E-state index contributed by atoms with van der Waals surface area (Å²) in [6, 6.07) is 12.4. The number of rotatable bonds is 7. The second-order valence-corrected chi connectivity index (χ2v) is 6.79. The Morgan fingerprint density at radius 2 is 1.89 bits per heavy atom. The van der Waals surface area contributed by atoms with Crippen LogP contribution in [0, 0.1) is 12.8 Å². The number of benzene rings is 1. The quantitative estimate of drug-likeness (QED) is 0.674. The molecule has 1 aromatic carbocycles. The van der Waals surface area contributed by atoms with Crippen molar-refractivity contribution in [1.82, 2.24) is 9.38 Å². The minimum absolute atomic E-state index is 0.0255. The van der Waals surface area contributed by atoms with Gasteiger partial charge in [0, 0.05) is 23.9 Å². The molecule has 0 unspecified atom stereocenters. The Bertz CT molecular complexity index is 1020. The molecule has 6 nitrogen and oxygen atoms in total. The molecule has 2 heterocycles. The van der Waals surface area contributed by atoms with Crippen molar-refractivity contribution in [3.8, 4) is 5.75 Å². The van der Waals surface area contributed by atoms with Crippen molar-refractivity contribution in [3.05, 3.63) is 70.3 Å². The summed E-state index contributed by atoms with van der Waals surface area (Å²) in [6.07, 6.45) is 3.35. The lowest BCUT2D eigenvalue weighted by molar-refractivity contribution is -0.120. The van der Waals surface area contributed by atoms with E-state index in [2.05, 4.69) is 10.3 Å². The van der Waals surface area contributed by atoms with Crippen LogP contribution in [0.15, 0.2) is 53.5 Å². The maximum atomic E-state index is 12.2.